The zero-order chi connectivity index (χ0) is 18.2. The van der Waals surface area contributed by atoms with Crippen LogP contribution in [0.25, 0.3) is 0 Å². The van der Waals surface area contributed by atoms with Crippen molar-refractivity contribution in [2.24, 2.45) is 5.73 Å². The van der Waals surface area contributed by atoms with Gasteiger partial charge in [-0.1, -0.05) is 24.3 Å². The smallest absolute Gasteiger partial charge is 0.207 e. The molecule has 0 aromatic heterocycles. The summed E-state index contributed by atoms with van der Waals surface area (Å²) in [7, 11) is 0. The van der Waals surface area contributed by atoms with Crippen LogP contribution >= 0.6 is 0 Å². The highest BCUT2D eigenvalue weighted by molar-refractivity contribution is 5.79. The van der Waals surface area contributed by atoms with Gasteiger partial charge in [0, 0.05) is 13.1 Å². The lowest BCUT2D eigenvalue weighted by molar-refractivity contribution is -0.109. The summed E-state index contributed by atoms with van der Waals surface area (Å²) in [6.45, 7) is 1.09. The Labute approximate surface area is 139 Å². The van der Waals surface area contributed by atoms with Crippen molar-refractivity contribution in [2.75, 3.05) is 13.1 Å². The lowest BCUT2D eigenvalue weighted by Gasteiger charge is -1.91. The number of benzene rings is 2. The van der Waals surface area contributed by atoms with Crippen LogP contribution in [-0.2, 0) is 4.79 Å². The Kier molecular flexibility index (Phi) is 11.7. The van der Waals surface area contributed by atoms with Gasteiger partial charge in [-0.15, -0.1) is 0 Å². The maximum absolute atomic E-state index is 10.1. The summed E-state index contributed by atoms with van der Waals surface area (Å²) < 4.78 is 0. The van der Waals surface area contributed by atoms with E-state index in [9.17, 15) is 14.4 Å². The number of nitrogens with one attached hydrogen (secondary N) is 1. The molecule has 0 aliphatic heterocycles. The fraction of sp³-hybridized carbons (Fsp3) is 0.118. The fourth-order valence-corrected chi connectivity index (χ4v) is 1.32. The van der Waals surface area contributed by atoms with E-state index >= 15 is 0 Å². The van der Waals surface area contributed by atoms with Crippen LogP contribution in [0.2, 0.25) is 0 Å². The maximum Gasteiger partial charge on any atom is 0.207 e. The number of carbonyl (C=O) groups excluding carboxylic acids is 3. The molecule has 7 heteroatoms. The second kappa shape index (κ2) is 13.5. The average Bonchev–Trinajstić information content (AvgIpc) is 2.62. The highest BCUT2D eigenvalue weighted by atomic mass is 16.3. The fourth-order valence-electron chi connectivity index (χ4n) is 1.32. The highest BCUT2D eigenvalue weighted by Crippen LogP contribution is 2.12. The first-order chi connectivity index (χ1) is 11.6. The molecule has 2 aromatic carbocycles. The van der Waals surface area contributed by atoms with Gasteiger partial charge in [0.15, 0.2) is 12.6 Å². The molecule has 0 saturated heterocycles. The largest absolute Gasteiger partial charge is 0.507 e. The van der Waals surface area contributed by atoms with Crippen molar-refractivity contribution in [3.05, 3.63) is 59.7 Å². The third-order valence-corrected chi connectivity index (χ3v) is 2.50. The molecule has 0 saturated carbocycles. The topological polar surface area (TPSA) is 130 Å². The highest BCUT2D eigenvalue weighted by Gasteiger charge is 1.93. The number of hydrogen-bond acceptors (Lipinski definition) is 6. The van der Waals surface area contributed by atoms with Crippen LogP contribution in [0, 0.1) is 0 Å². The Balaban J connectivity index is 0.000000340. The van der Waals surface area contributed by atoms with E-state index in [0.29, 0.717) is 43.2 Å². The van der Waals surface area contributed by atoms with Crippen LogP contribution < -0.4 is 11.1 Å². The molecule has 7 nitrogen and oxygen atoms in total. The summed E-state index contributed by atoms with van der Waals surface area (Å²) in [4.78, 5) is 29.5. The molecule has 0 fully saturated rings. The van der Waals surface area contributed by atoms with Crippen LogP contribution in [0.15, 0.2) is 48.5 Å². The summed E-state index contributed by atoms with van der Waals surface area (Å²) in [6.07, 6.45) is 1.87. The van der Waals surface area contributed by atoms with E-state index in [1.807, 2.05) is 0 Å². The number of para-hydroxylation sites is 2. The van der Waals surface area contributed by atoms with E-state index in [2.05, 4.69) is 5.32 Å². The van der Waals surface area contributed by atoms with Crippen molar-refractivity contribution in [1.82, 2.24) is 5.32 Å². The van der Waals surface area contributed by atoms with E-state index in [1.54, 1.807) is 36.4 Å². The van der Waals surface area contributed by atoms with Crippen molar-refractivity contribution < 1.29 is 24.6 Å². The minimum Gasteiger partial charge on any atom is -0.507 e. The molecule has 128 valence electrons. The van der Waals surface area contributed by atoms with Crippen molar-refractivity contribution >= 4 is 19.0 Å². The zero-order valence-corrected chi connectivity index (χ0v) is 13.0. The summed E-state index contributed by atoms with van der Waals surface area (Å²) in [5, 5.41) is 20.2. The van der Waals surface area contributed by atoms with Gasteiger partial charge in [0.2, 0.25) is 6.41 Å². The van der Waals surface area contributed by atoms with E-state index in [1.165, 1.54) is 12.1 Å². The number of rotatable bonds is 5. The van der Waals surface area contributed by atoms with Crippen LogP contribution in [0.3, 0.4) is 0 Å². The van der Waals surface area contributed by atoms with Gasteiger partial charge in [0.1, 0.15) is 11.5 Å². The Morgan fingerprint density at radius 2 is 1.25 bits per heavy atom. The van der Waals surface area contributed by atoms with Gasteiger partial charge in [-0.3, -0.25) is 14.4 Å². The van der Waals surface area contributed by atoms with Crippen molar-refractivity contribution in [3.8, 4) is 11.5 Å². The standard InChI is InChI=1S/2C7H6O2.C3H8N2O/c2*8-5-6-3-1-2-4-7(6)9;4-1-2-5-3-6/h2*1-5,9H;3H,1-2,4H2,(H,5,6). The van der Waals surface area contributed by atoms with Gasteiger partial charge < -0.3 is 21.3 Å². The van der Waals surface area contributed by atoms with Gasteiger partial charge in [-0.05, 0) is 24.3 Å². The maximum atomic E-state index is 10.1. The lowest BCUT2D eigenvalue weighted by atomic mass is 10.2. The second-order valence-corrected chi connectivity index (χ2v) is 4.21. The summed E-state index contributed by atoms with van der Waals surface area (Å²) in [5.74, 6) is 0.0694. The van der Waals surface area contributed by atoms with Gasteiger partial charge >= 0.3 is 0 Å². The molecule has 1 amide bonds. The van der Waals surface area contributed by atoms with Crippen LogP contribution in [0.1, 0.15) is 20.7 Å². The SMILES string of the molecule is NCCNC=O.O=Cc1ccccc1O.O=Cc1ccccc1O. The molecule has 0 aliphatic carbocycles. The van der Waals surface area contributed by atoms with E-state index in [-0.39, 0.29) is 11.5 Å². The minimum atomic E-state index is 0.0347. The molecule has 0 atom stereocenters. The number of phenolic OH excluding ortho intramolecular Hbond substituents is 2. The number of phenols is 2. The van der Waals surface area contributed by atoms with Crippen molar-refractivity contribution in [2.45, 2.75) is 0 Å². The lowest BCUT2D eigenvalue weighted by Crippen LogP contribution is -2.20. The molecule has 0 unspecified atom stereocenters. The number of aldehydes is 2. The van der Waals surface area contributed by atoms with Crippen molar-refractivity contribution in [1.29, 1.82) is 0 Å². The first-order valence-corrected chi connectivity index (χ1v) is 6.94. The monoisotopic (exact) mass is 332 g/mol. The molecule has 24 heavy (non-hydrogen) atoms. The first kappa shape index (κ1) is 20.8. The minimum absolute atomic E-state index is 0.0347. The molecule has 2 aromatic rings. The predicted molar refractivity (Wildman–Crippen MR) is 90.1 cm³/mol. The first-order valence-electron chi connectivity index (χ1n) is 6.94. The molecule has 0 bridgehead atoms. The molecule has 0 radical (unpaired) electrons. The summed E-state index contributed by atoms with van der Waals surface area (Å²) >= 11 is 0. The number of aromatic hydroxyl groups is 2. The molecule has 2 rings (SSSR count). The van der Waals surface area contributed by atoms with E-state index in [4.69, 9.17) is 15.9 Å². The molecule has 0 aliphatic rings. The van der Waals surface area contributed by atoms with Gasteiger partial charge in [-0.25, -0.2) is 0 Å². The Bertz CT molecular complexity index is 582. The predicted octanol–water partition coefficient (Wildman–Crippen LogP) is 1.10. The summed E-state index contributed by atoms with van der Waals surface area (Å²) in [5.41, 5.74) is 5.66. The molecule has 0 spiro atoms. The quantitative estimate of drug-likeness (QED) is 0.479. The number of hydrogen-bond donors (Lipinski definition) is 4. The molecule has 0 heterocycles. The Hall–Kier alpha value is -3.19. The van der Waals surface area contributed by atoms with Gasteiger partial charge in [0.05, 0.1) is 11.1 Å². The third kappa shape index (κ3) is 8.96. The molecular weight excluding hydrogens is 312 g/mol. The van der Waals surface area contributed by atoms with Crippen LogP contribution in [0.5, 0.6) is 11.5 Å². The van der Waals surface area contributed by atoms with Gasteiger partial charge in [-0.2, -0.15) is 0 Å². The average molecular weight is 332 g/mol. The number of carbonyl (C=O) groups is 3. The second-order valence-electron chi connectivity index (χ2n) is 4.21. The van der Waals surface area contributed by atoms with E-state index < -0.39 is 0 Å². The summed E-state index contributed by atoms with van der Waals surface area (Å²) in [6, 6.07) is 12.8. The normalized spacial score (nSPS) is 8.54. The molecule has 5 N–H and O–H groups in total. The number of nitrogens with two attached hydrogens (primary N) is 1. The number of amides is 1. The Morgan fingerprint density at radius 3 is 1.46 bits per heavy atom. The van der Waals surface area contributed by atoms with Gasteiger partial charge in [0.25, 0.3) is 0 Å². The third-order valence-electron chi connectivity index (χ3n) is 2.50. The van der Waals surface area contributed by atoms with Crippen LogP contribution in [0.4, 0.5) is 0 Å². The zero-order valence-electron chi connectivity index (χ0n) is 13.0. The molecular formula is C17H20N2O5. The van der Waals surface area contributed by atoms with Crippen LogP contribution in [-0.4, -0.2) is 42.3 Å². The van der Waals surface area contributed by atoms with E-state index in [0.717, 1.165) is 0 Å². The Morgan fingerprint density at radius 1 is 0.833 bits per heavy atom. The van der Waals surface area contributed by atoms with Crippen molar-refractivity contribution in [3.63, 3.8) is 0 Å².